The zero-order valence-corrected chi connectivity index (χ0v) is 17.4. The van der Waals surface area contributed by atoms with Crippen molar-refractivity contribution in [2.45, 2.75) is 19.1 Å². The van der Waals surface area contributed by atoms with Crippen molar-refractivity contribution >= 4 is 40.1 Å². The lowest BCUT2D eigenvalue weighted by molar-refractivity contribution is 0.0699. The maximum absolute atomic E-state index is 15.3. The van der Waals surface area contributed by atoms with Gasteiger partial charge >= 0.3 is 5.97 Å². The molecular formula is C24H18Cl2FNO2. The molecule has 0 bridgehead atoms. The molecule has 1 aromatic heterocycles. The van der Waals surface area contributed by atoms with Gasteiger partial charge in [0, 0.05) is 40.1 Å². The van der Waals surface area contributed by atoms with Gasteiger partial charge < -0.3 is 9.67 Å². The van der Waals surface area contributed by atoms with Gasteiger partial charge in [-0.2, -0.15) is 0 Å². The maximum Gasteiger partial charge on any atom is 0.336 e. The third-order valence-electron chi connectivity index (χ3n) is 5.16. The van der Waals surface area contributed by atoms with Gasteiger partial charge in [0.1, 0.15) is 6.17 Å². The number of halogens is 3. The fraction of sp³-hybridized carbons (Fsp3) is 0.125. The van der Waals surface area contributed by atoms with E-state index >= 15 is 4.39 Å². The molecule has 0 saturated carbocycles. The van der Waals surface area contributed by atoms with E-state index in [-0.39, 0.29) is 12.0 Å². The Morgan fingerprint density at radius 3 is 2.47 bits per heavy atom. The van der Waals surface area contributed by atoms with Crippen LogP contribution in [-0.4, -0.2) is 15.6 Å². The molecule has 0 amide bonds. The van der Waals surface area contributed by atoms with Crippen LogP contribution in [0.4, 0.5) is 4.39 Å². The Hall–Kier alpha value is -2.82. The maximum atomic E-state index is 15.3. The van der Waals surface area contributed by atoms with E-state index in [1.54, 1.807) is 48.5 Å². The first-order valence-corrected chi connectivity index (χ1v) is 10.2. The second-order valence-electron chi connectivity index (χ2n) is 7.13. The molecule has 152 valence electrons. The lowest BCUT2D eigenvalue weighted by Gasteiger charge is -2.16. The van der Waals surface area contributed by atoms with Crippen molar-refractivity contribution in [1.29, 1.82) is 0 Å². The molecule has 6 heteroatoms. The van der Waals surface area contributed by atoms with E-state index in [0.717, 1.165) is 16.6 Å². The van der Waals surface area contributed by atoms with Gasteiger partial charge in [0.2, 0.25) is 0 Å². The van der Waals surface area contributed by atoms with Crippen molar-refractivity contribution in [3.8, 4) is 0 Å². The Kier molecular flexibility index (Phi) is 5.80. The minimum absolute atomic E-state index is 0.224. The number of fused-ring (bicyclic) bond motifs is 1. The van der Waals surface area contributed by atoms with E-state index < -0.39 is 12.1 Å². The van der Waals surface area contributed by atoms with Crippen LogP contribution in [0, 0.1) is 0 Å². The number of nitrogens with zero attached hydrogens (tertiary/aromatic N) is 1. The highest BCUT2D eigenvalue weighted by atomic mass is 35.5. The van der Waals surface area contributed by atoms with E-state index in [0.29, 0.717) is 27.5 Å². The first-order valence-electron chi connectivity index (χ1n) is 9.40. The SMILES string of the molecule is O=C(O)c1cccc2c1ccn2Cc1cc(Cl)ccc1C(F)Cc1ccc(Cl)cc1. The minimum atomic E-state index is -1.21. The van der Waals surface area contributed by atoms with Gasteiger partial charge in [0.05, 0.1) is 5.56 Å². The number of aromatic carboxylic acids is 1. The van der Waals surface area contributed by atoms with E-state index in [4.69, 9.17) is 23.2 Å². The van der Waals surface area contributed by atoms with Crippen LogP contribution >= 0.6 is 23.2 Å². The summed E-state index contributed by atoms with van der Waals surface area (Å²) in [6, 6.07) is 19.2. The van der Waals surface area contributed by atoms with Gasteiger partial charge in [-0.3, -0.25) is 0 Å². The number of alkyl halides is 1. The van der Waals surface area contributed by atoms with E-state index in [1.165, 1.54) is 0 Å². The summed E-state index contributed by atoms with van der Waals surface area (Å²) >= 11 is 12.1. The fourth-order valence-electron chi connectivity index (χ4n) is 3.69. The summed E-state index contributed by atoms with van der Waals surface area (Å²) in [7, 11) is 0. The Morgan fingerprint density at radius 2 is 1.73 bits per heavy atom. The van der Waals surface area contributed by atoms with Crippen LogP contribution in [0.1, 0.15) is 33.2 Å². The van der Waals surface area contributed by atoms with Crippen LogP contribution in [0.25, 0.3) is 10.9 Å². The van der Waals surface area contributed by atoms with Crippen molar-refractivity contribution in [2.24, 2.45) is 0 Å². The Morgan fingerprint density at radius 1 is 1.00 bits per heavy atom. The van der Waals surface area contributed by atoms with Crippen LogP contribution in [-0.2, 0) is 13.0 Å². The van der Waals surface area contributed by atoms with Crippen molar-refractivity contribution in [1.82, 2.24) is 4.57 Å². The highest BCUT2D eigenvalue weighted by molar-refractivity contribution is 6.30. The summed E-state index contributed by atoms with van der Waals surface area (Å²) in [6.07, 6.45) is 0.824. The van der Waals surface area contributed by atoms with Crippen LogP contribution in [0.3, 0.4) is 0 Å². The molecule has 0 aliphatic carbocycles. The molecule has 4 aromatic rings. The number of hydrogen-bond acceptors (Lipinski definition) is 1. The Balaban J connectivity index is 1.67. The predicted octanol–water partition coefficient (Wildman–Crippen LogP) is 6.95. The number of carbonyl (C=O) groups is 1. The molecule has 0 radical (unpaired) electrons. The van der Waals surface area contributed by atoms with Crippen LogP contribution in [0.5, 0.6) is 0 Å². The van der Waals surface area contributed by atoms with Crippen molar-refractivity contribution in [3.63, 3.8) is 0 Å². The zero-order chi connectivity index (χ0) is 21.3. The molecule has 0 aliphatic heterocycles. The predicted molar refractivity (Wildman–Crippen MR) is 118 cm³/mol. The quantitative estimate of drug-likeness (QED) is 0.351. The third-order valence-corrected chi connectivity index (χ3v) is 5.64. The average molecular weight is 442 g/mol. The first kappa shape index (κ1) is 20.5. The molecule has 0 saturated heterocycles. The summed E-state index contributed by atoms with van der Waals surface area (Å²) in [5, 5.41) is 11.2. The number of hydrogen-bond donors (Lipinski definition) is 1. The van der Waals surface area contributed by atoms with E-state index in [2.05, 4.69) is 0 Å². The summed E-state index contributed by atoms with van der Waals surface area (Å²) in [4.78, 5) is 11.5. The highest BCUT2D eigenvalue weighted by Crippen LogP contribution is 2.30. The molecule has 30 heavy (non-hydrogen) atoms. The van der Waals surface area contributed by atoms with Gasteiger partial charge in [-0.15, -0.1) is 0 Å². The largest absolute Gasteiger partial charge is 0.478 e. The number of benzene rings is 3. The molecular weight excluding hydrogens is 424 g/mol. The molecule has 1 atom stereocenters. The fourth-order valence-corrected chi connectivity index (χ4v) is 4.01. The molecule has 4 rings (SSSR count). The molecule has 0 aliphatic rings. The minimum Gasteiger partial charge on any atom is -0.478 e. The Labute approximate surface area is 183 Å². The lowest BCUT2D eigenvalue weighted by atomic mass is 9.98. The second kappa shape index (κ2) is 8.50. The Bertz CT molecular complexity index is 1220. The first-order chi connectivity index (χ1) is 14.4. The standard InChI is InChI=1S/C24H18Cl2FNO2/c25-17-6-4-15(5-7-17)12-22(27)19-9-8-18(26)13-16(19)14-28-11-10-20-21(24(29)30)2-1-3-23(20)28/h1-11,13,22H,12,14H2,(H,29,30). The molecule has 0 fully saturated rings. The molecule has 1 heterocycles. The topological polar surface area (TPSA) is 42.2 Å². The van der Waals surface area contributed by atoms with Crippen molar-refractivity contribution in [2.75, 3.05) is 0 Å². The van der Waals surface area contributed by atoms with Gasteiger partial charge in [0.25, 0.3) is 0 Å². The summed E-state index contributed by atoms with van der Waals surface area (Å²) in [5.41, 5.74) is 3.18. The summed E-state index contributed by atoms with van der Waals surface area (Å²) in [6.45, 7) is 0.378. The zero-order valence-electron chi connectivity index (χ0n) is 15.9. The number of aromatic nitrogens is 1. The average Bonchev–Trinajstić information content (AvgIpc) is 3.12. The van der Waals surface area contributed by atoms with Gasteiger partial charge in [0.15, 0.2) is 0 Å². The monoisotopic (exact) mass is 441 g/mol. The van der Waals surface area contributed by atoms with Gasteiger partial charge in [-0.05, 0) is 59.2 Å². The van der Waals surface area contributed by atoms with E-state index in [1.807, 2.05) is 29.0 Å². The summed E-state index contributed by atoms with van der Waals surface area (Å²) < 4.78 is 17.2. The second-order valence-corrected chi connectivity index (χ2v) is 8.00. The number of carboxylic acid groups (broad SMARTS) is 1. The molecule has 1 unspecified atom stereocenters. The molecule has 3 nitrogen and oxygen atoms in total. The third kappa shape index (κ3) is 4.20. The van der Waals surface area contributed by atoms with E-state index in [9.17, 15) is 9.90 Å². The van der Waals surface area contributed by atoms with Crippen LogP contribution < -0.4 is 0 Å². The number of rotatable bonds is 6. The normalized spacial score (nSPS) is 12.2. The van der Waals surface area contributed by atoms with Crippen molar-refractivity contribution < 1.29 is 14.3 Å². The van der Waals surface area contributed by atoms with Crippen LogP contribution in [0.15, 0.2) is 72.9 Å². The van der Waals surface area contributed by atoms with Crippen LogP contribution in [0.2, 0.25) is 10.0 Å². The van der Waals surface area contributed by atoms with Gasteiger partial charge in [-0.25, -0.2) is 9.18 Å². The highest BCUT2D eigenvalue weighted by Gasteiger charge is 2.17. The molecule has 0 spiro atoms. The summed E-state index contributed by atoms with van der Waals surface area (Å²) in [5.74, 6) is -0.978. The van der Waals surface area contributed by atoms with Gasteiger partial charge in [-0.1, -0.05) is 47.5 Å². The molecule has 3 aromatic carbocycles. The van der Waals surface area contributed by atoms with Crippen molar-refractivity contribution in [3.05, 3.63) is 105 Å². The lowest BCUT2D eigenvalue weighted by Crippen LogP contribution is -2.06. The number of carboxylic acids is 1. The smallest absolute Gasteiger partial charge is 0.336 e. The molecule has 1 N–H and O–H groups in total.